The Hall–Kier alpha value is -1.81. The number of carboxylic acids is 1. The number of ether oxygens (including phenoxy) is 1. The van der Waals surface area contributed by atoms with Gasteiger partial charge in [-0.3, -0.25) is 4.79 Å². The summed E-state index contributed by atoms with van der Waals surface area (Å²) in [4.78, 5) is 11.5. The summed E-state index contributed by atoms with van der Waals surface area (Å²) in [6.07, 6.45) is 1.29. The van der Waals surface area contributed by atoms with E-state index in [1.807, 2.05) is 48.5 Å². The number of carboxylic acid groups (broad SMARTS) is 1. The lowest BCUT2D eigenvalue weighted by Gasteiger charge is -2.13. The van der Waals surface area contributed by atoms with Crippen LogP contribution in [-0.2, 0) is 11.2 Å². The molecule has 0 heterocycles. The van der Waals surface area contributed by atoms with E-state index in [-0.39, 0.29) is 0 Å². The molecule has 0 amide bonds. The van der Waals surface area contributed by atoms with Gasteiger partial charge in [0.2, 0.25) is 0 Å². The third-order valence-electron chi connectivity index (χ3n) is 3.45. The van der Waals surface area contributed by atoms with Gasteiger partial charge in [0.25, 0.3) is 0 Å². The minimum Gasteiger partial charge on any atom is -0.497 e. The maximum absolute atomic E-state index is 11.5. The zero-order valence-electron chi connectivity index (χ0n) is 11.8. The number of rotatable bonds is 6. The van der Waals surface area contributed by atoms with E-state index in [0.717, 1.165) is 27.8 Å². The summed E-state index contributed by atoms with van der Waals surface area (Å²) in [5, 5.41) is 9.42. The van der Waals surface area contributed by atoms with Gasteiger partial charge < -0.3 is 9.84 Å². The molecule has 0 saturated carbocycles. The molecule has 0 aliphatic rings. The molecule has 1 N–H and O–H groups in total. The lowest BCUT2D eigenvalue weighted by molar-refractivity contribution is -0.138. The van der Waals surface area contributed by atoms with Gasteiger partial charge in [0.05, 0.1) is 13.0 Å². The number of hydrogen-bond acceptors (Lipinski definition) is 2. The lowest BCUT2D eigenvalue weighted by atomic mass is 9.92. The molecular formula is C17H17BrO3. The summed E-state index contributed by atoms with van der Waals surface area (Å²) in [6.45, 7) is 0. The molecule has 110 valence electrons. The molecule has 0 saturated heterocycles. The maximum Gasteiger partial charge on any atom is 0.310 e. The van der Waals surface area contributed by atoms with Crippen LogP contribution in [0.3, 0.4) is 0 Å². The number of benzene rings is 2. The van der Waals surface area contributed by atoms with Crippen molar-refractivity contribution in [2.24, 2.45) is 0 Å². The van der Waals surface area contributed by atoms with Crippen molar-refractivity contribution in [1.82, 2.24) is 0 Å². The van der Waals surface area contributed by atoms with E-state index in [1.54, 1.807) is 7.11 Å². The minimum absolute atomic E-state index is 0.486. The third-order valence-corrected chi connectivity index (χ3v) is 3.98. The van der Waals surface area contributed by atoms with Crippen molar-refractivity contribution >= 4 is 21.9 Å². The van der Waals surface area contributed by atoms with Gasteiger partial charge >= 0.3 is 5.97 Å². The number of aryl methyl sites for hydroxylation is 1. The average molecular weight is 349 g/mol. The predicted octanol–water partition coefficient (Wildman–Crippen LogP) is 4.26. The first-order chi connectivity index (χ1) is 10.1. The number of hydrogen-bond donors (Lipinski definition) is 1. The van der Waals surface area contributed by atoms with Crippen molar-refractivity contribution in [2.75, 3.05) is 7.11 Å². The molecule has 2 aromatic rings. The number of carbonyl (C=O) groups is 1. The molecule has 0 aliphatic carbocycles. The van der Waals surface area contributed by atoms with Gasteiger partial charge in [-0.15, -0.1) is 0 Å². The number of halogens is 1. The summed E-state index contributed by atoms with van der Waals surface area (Å²) in [5.41, 5.74) is 1.94. The topological polar surface area (TPSA) is 46.5 Å². The molecule has 0 bridgehead atoms. The van der Waals surface area contributed by atoms with Gasteiger partial charge in [0, 0.05) is 4.47 Å². The van der Waals surface area contributed by atoms with Crippen LogP contribution in [-0.4, -0.2) is 18.2 Å². The Kier molecular flexibility index (Phi) is 5.39. The SMILES string of the molecule is COc1ccc(CCC(C(=O)O)c2ccc(Br)cc2)cc1. The van der Waals surface area contributed by atoms with Crippen LogP contribution < -0.4 is 4.74 Å². The first kappa shape index (κ1) is 15.6. The maximum atomic E-state index is 11.5. The van der Waals surface area contributed by atoms with Crippen LogP contribution in [0.15, 0.2) is 53.0 Å². The monoisotopic (exact) mass is 348 g/mol. The van der Waals surface area contributed by atoms with Crippen LogP contribution in [0.4, 0.5) is 0 Å². The van der Waals surface area contributed by atoms with Crippen molar-refractivity contribution < 1.29 is 14.6 Å². The molecule has 0 radical (unpaired) electrons. The molecule has 0 aliphatic heterocycles. The molecule has 1 atom stereocenters. The van der Waals surface area contributed by atoms with Gasteiger partial charge in [-0.1, -0.05) is 40.2 Å². The smallest absolute Gasteiger partial charge is 0.310 e. The first-order valence-corrected chi connectivity index (χ1v) is 7.50. The Morgan fingerprint density at radius 3 is 2.29 bits per heavy atom. The molecule has 3 nitrogen and oxygen atoms in total. The van der Waals surface area contributed by atoms with Crippen molar-refractivity contribution in [2.45, 2.75) is 18.8 Å². The van der Waals surface area contributed by atoms with Crippen molar-refractivity contribution in [3.8, 4) is 5.75 Å². The third kappa shape index (κ3) is 4.33. The van der Waals surface area contributed by atoms with Gasteiger partial charge in [-0.05, 0) is 48.2 Å². The van der Waals surface area contributed by atoms with Crippen LogP contribution >= 0.6 is 15.9 Å². The Morgan fingerprint density at radius 2 is 1.76 bits per heavy atom. The van der Waals surface area contributed by atoms with Gasteiger partial charge in [-0.25, -0.2) is 0 Å². The summed E-state index contributed by atoms with van der Waals surface area (Å²) in [6, 6.07) is 15.2. The van der Waals surface area contributed by atoms with Gasteiger partial charge in [0.1, 0.15) is 5.75 Å². The van der Waals surface area contributed by atoms with Crippen LogP contribution in [0.2, 0.25) is 0 Å². The highest BCUT2D eigenvalue weighted by molar-refractivity contribution is 9.10. The van der Waals surface area contributed by atoms with E-state index in [4.69, 9.17) is 4.74 Å². The Morgan fingerprint density at radius 1 is 1.14 bits per heavy atom. The van der Waals surface area contributed by atoms with Crippen LogP contribution in [0.1, 0.15) is 23.5 Å². The molecule has 0 aromatic heterocycles. The van der Waals surface area contributed by atoms with E-state index in [1.165, 1.54) is 0 Å². The highest BCUT2D eigenvalue weighted by Crippen LogP contribution is 2.24. The minimum atomic E-state index is -0.786. The van der Waals surface area contributed by atoms with Crippen molar-refractivity contribution in [1.29, 1.82) is 0 Å². The summed E-state index contributed by atoms with van der Waals surface area (Å²) in [7, 11) is 1.63. The van der Waals surface area contributed by atoms with E-state index in [2.05, 4.69) is 15.9 Å². The Labute approximate surface area is 132 Å². The van der Waals surface area contributed by atoms with Gasteiger partial charge in [-0.2, -0.15) is 0 Å². The highest BCUT2D eigenvalue weighted by Gasteiger charge is 2.19. The largest absolute Gasteiger partial charge is 0.497 e. The summed E-state index contributed by atoms with van der Waals surface area (Å²) in [5.74, 6) is -0.465. The zero-order valence-corrected chi connectivity index (χ0v) is 13.3. The average Bonchev–Trinajstić information content (AvgIpc) is 2.49. The standard InChI is InChI=1S/C17H17BrO3/c1-21-15-9-2-12(3-10-15)4-11-16(17(19)20)13-5-7-14(18)8-6-13/h2-3,5-10,16H,4,11H2,1H3,(H,19,20). The van der Waals surface area contributed by atoms with E-state index in [9.17, 15) is 9.90 Å². The van der Waals surface area contributed by atoms with Crippen LogP contribution in [0.5, 0.6) is 5.75 Å². The molecule has 4 heteroatoms. The first-order valence-electron chi connectivity index (χ1n) is 6.71. The van der Waals surface area contributed by atoms with Crippen molar-refractivity contribution in [3.63, 3.8) is 0 Å². The fourth-order valence-electron chi connectivity index (χ4n) is 2.23. The molecule has 21 heavy (non-hydrogen) atoms. The molecule has 0 fully saturated rings. The quantitative estimate of drug-likeness (QED) is 0.848. The number of methoxy groups -OCH3 is 1. The second-order valence-corrected chi connectivity index (χ2v) is 5.74. The second-order valence-electron chi connectivity index (χ2n) is 4.83. The predicted molar refractivity (Wildman–Crippen MR) is 85.8 cm³/mol. The van der Waals surface area contributed by atoms with E-state index in [0.29, 0.717) is 6.42 Å². The molecular weight excluding hydrogens is 332 g/mol. The molecule has 2 aromatic carbocycles. The lowest BCUT2D eigenvalue weighted by Crippen LogP contribution is -2.12. The zero-order chi connectivity index (χ0) is 15.2. The summed E-state index contributed by atoms with van der Waals surface area (Å²) < 4.78 is 6.06. The molecule has 2 rings (SSSR count). The molecule has 0 spiro atoms. The highest BCUT2D eigenvalue weighted by atomic mass is 79.9. The fraction of sp³-hybridized carbons (Fsp3) is 0.235. The fourth-order valence-corrected chi connectivity index (χ4v) is 2.50. The number of aliphatic carboxylic acids is 1. The van der Waals surface area contributed by atoms with Crippen LogP contribution in [0.25, 0.3) is 0 Å². The molecule has 1 unspecified atom stereocenters. The van der Waals surface area contributed by atoms with Gasteiger partial charge in [0.15, 0.2) is 0 Å². The van der Waals surface area contributed by atoms with E-state index < -0.39 is 11.9 Å². The second kappa shape index (κ2) is 7.27. The summed E-state index contributed by atoms with van der Waals surface area (Å²) >= 11 is 3.36. The Balaban J connectivity index is 2.06. The van der Waals surface area contributed by atoms with Crippen LogP contribution in [0, 0.1) is 0 Å². The van der Waals surface area contributed by atoms with E-state index >= 15 is 0 Å². The Bertz CT molecular complexity index is 590. The normalized spacial score (nSPS) is 11.9. The van der Waals surface area contributed by atoms with Crippen molar-refractivity contribution in [3.05, 3.63) is 64.1 Å².